The van der Waals surface area contributed by atoms with Crippen molar-refractivity contribution in [2.75, 3.05) is 7.05 Å². The van der Waals surface area contributed by atoms with Crippen LogP contribution in [0, 0.1) is 6.92 Å². The quantitative estimate of drug-likeness (QED) is 0.900. The minimum absolute atomic E-state index is 0.157. The van der Waals surface area contributed by atoms with E-state index in [4.69, 9.17) is 0 Å². The van der Waals surface area contributed by atoms with Crippen LogP contribution < -0.4 is 0 Å². The van der Waals surface area contributed by atoms with Crippen LogP contribution in [0.1, 0.15) is 11.6 Å². The van der Waals surface area contributed by atoms with E-state index in [1.54, 1.807) is 24.4 Å². The maximum absolute atomic E-state index is 12.1. The number of thiophene rings is 1. The first-order chi connectivity index (χ1) is 8.00. The first-order valence-corrected chi connectivity index (χ1v) is 7.20. The molecule has 0 aliphatic carbocycles. The Hall–Kier alpha value is -1.25. The molecule has 0 aliphatic heterocycles. The molecule has 0 unspecified atom stereocenters. The van der Waals surface area contributed by atoms with Crippen molar-refractivity contribution >= 4 is 21.4 Å². The number of aryl methyl sites for hydroxylation is 1. The zero-order chi connectivity index (χ0) is 12.5. The number of sulfonamides is 1. The lowest BCUT2D eigenvalue weighted by atomic mass is 10.6. The van der Waals surface area contributed by atoms with Gasteiger partial charge < -0.3 is 0 Å². The van der Waals surface area contributed by atoms with Crippen molar-refractivity contribution < 1.29 is 8.42 Å². The van der Waals surface area contributed by atoms with Gasteiger partial charge in [0.25, 0.3) is 10.0 Å². The highest BCUT2D eigenvalue weighted by atomic mass is 32.2. The topological polar surface area (TPSA) is 79.0 Å². The number of nitrogens with zero attached hydrogens (tertiary/aromatic N) is 3. The fourth-order valence-corrected chi connectivity index (χ4v) is 3.63. The van der Waals surface area contributed by atoms with Gasteiger partial charge in [-0.3, -0.25) is 5.10 Å². The number of hydrogen-bond acceptors (Lipinski definition) is 5. The first-order valence-electron chi connectivity index (χ1n) is 4.88. The average molecular weight is 272 g/mol. The first kappa shape index (κ1) is 12.2. The Morgan fingerprint density at radius 3 is 2.82 bits per heavy atom. The highest BCUT2D eigenvalue weighted by molar-refractivity contribution is 7.91. The van der Waals surface area contributed by atoms with Gasteiger partial charge in [-0.1, -0.05) is 6.07 Å². The number of nitrogens with one attached hydrogen (secondary N) is 1. The van der Waals surface area contributed by atoms with E-state index < -0.39 is 10.0 Å². The molecule has 0 amide bonds. The van der Waals surface area contributed by atoms with Crippen LogP contribution in [-0.4, -0.2) is 35.0 Å². The Morgan fingerprint density at radius 2 is 2.29 bits per heavy atom. The van der Waals surface area contributed by atoms with Crippen LogP contribution in [0.3, 0.4) is 0 Å². The molecule has 0 radical (unpaired) electrons. The molecule has 2 heterocycles. The summed E-state index contributed by atoms with van der Waals surface area (Å²) in [5.41, 5.74) is 0. The van der Waals surface area contributed by atoms with Crippen LogP contribution >= 0.6 is 11.3 Å². The van der Waals surface area contributed by atoms with Crippen molar-refractivity contribution in [1.82, 2.24) is 19.5 Å². The van der Waals surface area contributed by atoms with E-state index in [1.807, 2.05) is 0 Å². The summed E-state index contributed by atoms with van der Waals surface area (Å²) < 4.78 is 25.7. The second-order valence-electron chi connectivity index (χ2n) is 3.53. The predicted octanol–water partition coefficient (Wildman–Crippen LogP) is 0.995. The lowest BCUT2D eigenvalue weighted by molar-refractivity contribution is 0.459. The zero-order valence-corrected chi connectivity index (χ0v) is 11.0. The SMILES string of the molecule is Cc1nc(CN(C)S(=O)(=O)c2cccs2)n[nH]1. The number of aromatic amines is 1. The van der Waals surface area contributed by atoms with E-state index in [0.717, 1.165) is 0 Å². The van der Waals surface area contributed by atoms with Crippen molar-refractivity contribution in [2.45, 2.75) is 17.7 Å². The summed E-state index contributed by atoms with van der Waals surface area (Å²) in [6, 6.07) is 3.29. The second kappa shape index (κ2) is 4.55. The fraction of sp³-hybridized carbons (Fsp3) is 0.333. The average Bonchev–Trinajstić information content (AvgIpc) is 2.89. The molecule has 0 spiro atoms. The number of aromatic nitrogens is 3. The van der Waals surface area contributed by atoms with E-state index in [0.29, 0.717) is 15.9 Å². The fourth-order valence-electron chi connectivity index (χ4n) is 1.31. The van der Waals surface area contributed by atoms with E-state index in [9.17, 15) is 8.42 Å². The van der Waals surface area contributed by atoms with Crippen LogP contribution in [0.15, 0.2) is 21.7 Å². The normalized spacial score (nSPS) is 12.2. The Labute approximate surface area is 103 Å². The van der Waals surface area contributed by atoms with E-state index in [2.05, 4.69) is 15.2 Å². The van der Waals surface area contributed by atoms with Gasteiger partial charge in [-0.15, -0.1) is 11.3 Å². The van der Waals surface area contributed by atoms with Crippen LogP contribution in [-0.2, 0) is 16.6 Å². The molecule has 17 heavy (non-hydrogen) atoms. The maximum atomic E-state index is 12.1. The number of hydrogen-bond donors (Lipinski definition) is 1. The Morgan fingerprint density at radius 1 is 1.53 bits per heavy atom. The van der Waals surface area contributed by atoms with Crippen LogP contribution in [0.4, 0.5) is 0 Å². The molecule has 2 aromatic heterocycles. The van der Waals surface area contributed by atoms with Gasteiger partial charge in [-0.05, 0) is 18.4 Å². The third-order valence-electron chi connectivity index (χ3n) is 2.17. The molecular weight excluding hydrogens is 260 g/mol. The summed E-state index contributed by atoms with van der Waals surface area (Å²) in [5.74, 6) is 1.13. The third kappa shape index (κ3) is 2.54. The van der Waals surface area contributed by atoms with Gasteiger partial charge in [-0.25, -0.2) is 13.4 Å². The molecule has 0 aliphatic rings. The summed E-state index contributed by atoms with van der Waals surface area (Å²) >= 11 is 1.20. The smallest absolute Gasteiger partial charge is 0.252 e. The molecule has 1 N–H and O–H groups in total. The highest BCUT2D eigenvalue weighted by Crippen LogP contribution is 2.20. The van der Waals surface area contributed by atoms with Crippen molar-refractivity contribution in [2.24, 2.45) is 0 Å². The van der Waals surface area contributed by atoms with Crippen molar-refractivity contribution in [3.05, 3.63) is 29.2 Å². The maximum Gasteiger partial charge on any atom is 0.252 e. The minimum Gasteiger partial charge on any atom is -0.263 e. The molecule has 0 atom stereocenters. The molecule has 2 rings (SSSR count). The molecular formula is C9H12N4O2S2. The standard InChI is InChI=1S/C9H12N4O2S2/c1-7-10-8(12-11-7)6-13(2)17(14,15)9-4-3-5-16-9/h3-5H,6H2,1-2H3,(H,10,11,12). The van der Waals surface area contributed by atoms with E-state index >= 15 is 0 Å². The van der Waals surface area contributed by atoms with E-state index in [1.165, 1.54) is 22.7 Å². The zero-order valence-electron chi connectivity index (χ0n) is 9.41. The lowest BCUT2D eigenvalue weighted by Gasteiger charge is -2.13. The van der Waals surface area contributed by atoms with Crippen molar-refractivity contribution in [3.63, 3.8) is 0 Å². The summed E-state index contributed by atoms with van der Waals surface area (Å²) in [5, 5.41) is 8.33. The summed E-state index contributed by atoms with van der Waals surface area (Å²) in [6.45, 7) is 1.93. The van der Waals surface area contributed by atoms with Gasteiger partial charge in [-0.2, -0.15) is 9.40 Å². The summed E-state index contributed by atoms with van der Waals surface area (Å²) in [6.07, 6.45) is 0. The molecule has 0 saturated heterocycles. The Bertz CT molecular complexity index is 588. The predicted molar refractivity (Wildman–Crippen MR) is 64.1 cm³/mol. The Balaban J connectivity index is 2.18. The van der Waals surface area contributed by atoms with E-state index in [-0.39, 0.29) is 6.54 Å². The molecule has 8 heteroatoms. The molecule has 0 fully saturated rings. The molecule has 6 nitrogen and oxygen atoms in total. The Kier molecular flexibility index (Phi) is 3.27. The largest absolute Gasteiger partial charge is 0.263 e. The number of rotatable bonds is 4. The summed E-state index contributed by atoms with van der Waals surface area (Å²) in [4.78, 5) is 4.08. The highest BCUT2D eigenvalue weighted by Gasteiger charge is 2.22. The number of H-pyrrole nitrogens is 1. The lowest BCUT2D eigenvalue weighted by Crippen LogP contribution is -2.26. The third-order valence-corrected chi connectivity index (χ3v) is 5.34. The monoisotopic (exact) mass is 272 g/mol. The van der Waals surface area contributed by atoms with Gasteiger partial charge in [0.05, 0.1) is 6.54 Å². The van der Waals surface area contributed by atoms with Crippen molar-refractivity contribution in [3.8, 4) is 0 Å². The minimum atomic E-state index is -3.43. The molecule has 92 valence electrons. The van der Waals surface area contributed by atoms with Crippen LogP contribution in [0.5, 0.6) is 0 Å². The second-order valence-corrected chi connectivity index (χ2v) is 6.75. The van der Waals surface area contributed by atoms with Gasteiger partial charge in [0, 0.05) is 7.05 Å². The summed E-state index contributed by atoms with van der Waals surface area (Å²) in [7, 11) is -1.91. The van der Waals surface area contributed by atoms with Gasteiger partial charge in [0.2, 0.25) is 0 Å². The molecule has 0 saturated carbocycles. The molecule has 0 bridgehead atoms. The molecule has 2 aromatic rings. The van der Waals surface area contributed by atoms with Gasteiger partial charge >= 0.3 is 0 Å². The molecule has 0 aromatic carbocycles. The van der Waals surface area contributed by atoms with Crippen molar-refractivity contribution in [1.29, 1.82) is 0 Å². The van der Waals surface area contributed by atoms with Crippen LogP contribution in [0.25, 0.3) is 0 Å². The van der Waals surface area contributed by atoms with Gasteiger partial charge in [0.1, 0.15) is 10.0 Å². The van der Waals surface area contributed by atoms with Crippen LogP contribution in [0.2, 0.25) is 0 Å². The van der Waals surface area contributed by atoms with Gasteiger partial charge in [0.15, 0.2) is 5.82 Å².